The van der Waals surface area contributed by atoms with E-state index in [2.05, 4.69) is 25.3 Å². The van der Waals surface area contributed by atoms with Crippen molar-refractivity contribution in [2.75, 3.05) is 64.9 Å². The van der Waals surface area contributed by atoms with Crippen LogP contribution in [0.4, 0.5) is 6.01 Å². The Labute approximate surface area is 165 Å². The average Bonchev–Trinajstić information content (AvgIpc) is 3.22. The Morgan fingerprint density at radius 2 is 1.86 bits per heavy atom. The van der Waals surface area contributed by atoms with E-state index in [9.17, 15) is 0 Å². The molecule has 2 aliphatic heterocycles. The van der Waals surface area contributed by atoms with E-state index >= 15 is 0 Å². The Kier molecular flexibility index (Phi) is 6.41. The highest BCUT2D eigenvalue weighted by atomic mass is 16.5. The third-order valence-electron chi connectivity index (χ3n) is 5.43. The van der Waals surface area contributed by atoms with Crippen molar-refractivity contribution in [1.29, 1.82) is 0 Å². The number of nitrogens with zero attached hydrogens (tertiary/aromatic N) is 4. The van der Waals surface area contributed by atoms with E-state index < -0.39 is 0 Å². The van der Waals surface area contributed by atoms with Crippen LogP contribution in [-0.4, -0.2) is 85.6 Å². The highest BCUT2D eigenvalue weighted by Crippen LogP contribution is 2.23. The number of hydrogen-bond donors (Lipinski definition) is 1. The number of methoxy groups -OCH3 is 1. The molecular weight excluding hydrogens is 358 g/mol. The molecule has 0 bridgehead atoms. The number of morpholine rings is 1. The summed E-state index contributed by atoms with van der Waals surface area (Å²) in [6, 6.07) is 8.45. The van der Waals surface area contributed by atoms with Gasteiger partial charge in [0.2, 0.25) is 5.89 Å². The molecule has 3 heterocycles. The van der Waals surface area contributed by atoms with E-state index in [1.165, 1.54) is 6.42 Å². The van der Waals surface area contributed by atoms with Crippen molar-refractivity contribution in [2.24, 2.45) is 0 Å². The number of anilines is 1. The van der Waals surface area contributed by atoms with E-state index in [-0.39, 0.29) is 0 Å². The highest BCUT2D eigenvalue weighted by Gasteiger charge is 2.22. The minimum atomic E-state index is 0.336. The molecular formula is C20H29N5O3. The number of benzene rings is 1. The smallest absolute Gasteiger partial charge is 0.316 e. The van der Waals surface area contributed by atoms with Crippen molar-refractivity contribution < 1.29 is 13.9 Å². The summed E-state index contributed by atoms with van der Waals surface area (Å²) in [7, 11) is 1.65. The molecule has 1 unspecified atom stereocenters. The van der Waals surface area contributed by atoms with Gasteiger partial charge in [-0.2, -0.15) is 0 Å². The van der Waals surface area contributed by atoms with Crippen LogP contribution in [0.3, 0.4) is 0 Å². The van der Waals surface area contributed by atoms with Gasteiger partial charge >= 0.3 is 6.01 Å². The Morgan fingerprint density at radius 1 is 1.07 bits per heavy atom. The van der Waals surface area contributed by atoms with Gasteiger partial charge in [-0.1, -0.05) is 5.10 Å². The van der Waals surface area contributed by atoms with Gasteiger partial charge in [0.1, 0.15) is 5.75 Å². The van der Waals surface area contributed by atoms with E-state index in [4.69, 9.17) is 13.9 Å². The Hall–Kier alpha value is -2.16. The van der Waals surface area contributed by atoms with Crippen LogP contribution in [0, 0.1) is 0 Å². The first kappa shape index (κ1) is 19.2. The molecule has 1 aromatic heterocycles. The SMILES string of the molecule is COc1ccc(-c2nnc(NC3CCCN(CCN4CCOCC4)C3)o2)cc1. The van der Waals surface area contributed by atoms with Crippen molar-refractivity contribution in [3.8, 4) is 17.2 Å². The van der Waals surface area contributed by atoms with Crippen molar-refractivity contribution >= 4 is 6.01 Å². The predicted molar refractivity (Wildman–Crippen MR) is 107 cm³/mol. The van der Waals surface area contributed by atoms with Gasteiger partial charge in [-0.25, -0.2) is 0 Å². The molecule has 2 fully saturated rings. The van der Waals surface area contributed by atoms with Gasteiger partial charge in [0.25, 0.3) is 0 Å². The molecule has 0 radical (unpaired) electrons. The molecule has 0 aliphatic carbocycles. The van der Waals surface area contributed by atoms with Gasteiger partial charge in [-0.3, -0.25) is 4.90 Å². The van der Waals surface area contributed by atoms with Crippen molar-refractivity contribution in [3.05, 3.63) is 24.3 Å². The number of ether oxygens (including phenoxy) is 2. The molecule has 4 rings (SSSR count). The zero-order chi connectivity index (χ0) is 19.2. The maximum absolute atomic E-state index is 5.82. The third kappa shape index (κ3) is 5.01. The number of nitrogens with one attached hydrogen (secondary N) is 1. The molecule has 0 amide bonds. The summed E-state index contributed by atoms with van der Waals surface area (Å²) in [6.45, 7) is 8.18. The summed E-state index contributed by atoms with van der Waals surface area (Å²) in [5.41, 5.74) is 0.886. The summed E-state index contributed by atoms with van der Waals surface area (Å²) >= 11 is 0. The normalized spacial score (nSPS) is 21.5. The second-order valence-electron chi connectivity index (χ2n) is 7.38. The van der Waals surface area contributed by atoms with Gasteiger partial charge in [0, 0.05) is 44.3 Å². The average molecular weight is 387 g/mol. The molecule has 1 aromatic carbocycles. The second-order valence-corrected chi connectivity index (χ2v) is 7.38. The molecule has 2 aliphatic rings. The lowest BCUT2D eigenvalue weighted by atomic mass is 10.1. The van der Waals surface area contributed by atoms with E-state index in [1.54, 1.807) is 7.11 Å². The first-order chi connectivity index (χ1) is 13.8. The molecule has 0 saturated carbocycles. The number of likely N-dealkylation sites (tertiary alicyclic amines) is 1. The van der Waals surface area contributed by atoms with Crippen LogP contribution >= 0.6 is 0 Å². The zero-order valence-corrected chi connectivity index (χ0v) is 16.5. The molecule has 152 valence electrons. The molecule has 1 N–H and O–H groups in total. The molecule has 2 aromatic rings. The Bertz CT molecular complexity index is 730. The van der Waals surface area contributed by atoms with Crippen molar-refractivity contribution in [2.45, 2.75) is 18.9 Å². The summed E-state index contributed by atoms with van der Waals surface area (Å²) in [5, 5.41) is 11.8. The quantitative estimate of drug-likeness (QED) is 0.773. The van der Waals surface area contributed by atoms with Crippen molar-refractivity contribution in [3.63, 3.8) is 0 Å². The Morgan fingerprint density at radius 3 is 2.64 bits per heavy atom. The van der Waals surface area contributed by atoms with Crippen LogP contribution in [0.5, 0.6) is 5.75 Å². The first-order valence-electron chi connectivity index (χ1n) is 10.1. The van der Waals surface area contributed by atoms with Gasteiger partial charge in [-0.05, 0) is 43.7 Å². The largest absolute Gasteiger partial charge is 0.497 e. The predicted octanol–water partition coefficient (Wildman–Crippen LogP) is 1.95. The van der Waals surface area contributed by atoms with Gasteiger partial charge < -0.3 is 24.1 Å². The summed E-state index contributed by atoms with van der Waals surface area (Å²) in [6.07, 6.45) is 2.30. The second kappa shape index (κ2) is 9.36. The lowest BCUT2D eigenvalue weighted by Gasteiger charge is -2.35. The van der Waals surface area contributed by atoms with Crippen LogP contribution < -0.4 is 10.1 Å². The monoisotopic (exact) mass is 387 g/mol. The maximum Gasteiger partial charge on any atom is 0.316 e. The fraction of sp³-hybridized carbons (Fsp3) is 0.600. The fourth-order valence-corrected chi connectivity index (χ4v) is 3.79. The summed E-state index contributed by atoms with van der Waals surface area (Å²) in [4.78, 5) is 5.01. The van der Waals surface area contributed by atoms with Crippen LogP contribution in [0.15, 0.2) is 28.7 Å². The van der Waals surface area contributed by atoms with E-state index in [1.807, 2.05) is 24.3 Å². The number of aromatic nitrogens is 2. The maximum atomic E-state index is 5.82. The van der Waals surface area contributed by atoms with Gasteiger partial charge in [-0.15, -0.1) is 5.10 Å². The molecule has 0 spiro atoms. The van der Waals surface area contributed by atoms with Crippen LogP contribution in [0.2, 0.25) is 0 Å². The number of rotatable bonds is 7. The van der Waals surface area contributed by atoms with Crippen LogP contribution in [0.25, 0.3) is 11.5 Å². The molecule has 1 atom stereocenters. The van der Waals surface area contributed by atoms with Crippen LogP contribution in [-0.2, 0) is 4.74 Å². The first-order valence-corrected chi connectivity index (χ1v) is 10.1. The summed E-state index contributed by atoms with van der Waals surface area (Å²) in [5.74, 6) is 1.33. The van der Waals surface area contributed by atoms with Crippen LogP contribution in [0.1, 0.15) is 12.8 Å². The summed E-state index contributed by atoms with van der Waals surface area (Å²) < 4.78 is 16.4. The molecule has 28 heavy (non-hydrogen) atoms. The topological polar surface area (TPSA) is 75.9 Å². The minimum absolute atomic E-state index is 0.336. The minimum Gasteiger partial charge on any atom is -0.497 e. The van der Waals surface area contributed by atoms with Gasteiger partial charge in [0.15, 0.2) is 0 Å². The van der Waals surface area contributed by atoms with Crippen molar-refractivity contribution in [1.82, 2.24) is 20.0 Å². The van der Waals surface area contributed by atoms with E-state index in [0.717, 1.165) is 70.2 Å². The lowest BCUT2D eigenvalue weighted by Crippen LogP contribution is -2.46. The fourth-order valence-electron chi connectivity index (χ4n) is 3.79. The molecule has 8 heteroatoms. The standard InChI is InChI=1S/C20H29N5O3/c1-26-18-6-4-16(5-7-18)19-22-23-20(28-19)21-17-3-2-8-25(15-17)10-9-24-11-13-27-14-12-24/h4-7,17H,2-3,8-15H2,1H3,(H,21,23). The zero-order valence-electron chi connectivity index (χ0n) is 16.5. The number of piperidine rings is 1. The lowest BCUT2D eigenvalue weighted by molar-refractivity contribution is 0.0321. The molecule has 8 nitrogen and oxygen atoms in total. The third-order valence-corrected chi connectivity index (χ3v) is 5.43. The number of hydrogen-bond acceptors (Lipinski definition) is 8. The van der Waals surface area contributed by atoms with Gasteiger partial charge in [0.05, 0.1) is 20.3 Å². The molecule has 2 saturated heterocycles. The Balaban J connectivity index is 1.28. The van der Waals surface area contributed by atoms with E-state index in [0.29, 0.717) is 17.9 Å². The highest BCUT2D eigenvalue weighted by molar-refractivity contribution is 5.54.